The lowest BCUT2D eigenvalue weighted by Gasteiger charge is -2.15. The summed E-state index contributed by atoms with van der Waals surface area (Å²) in [6, 6.07) is 11.4. The zero-order valence-corrected chi connectivity index (χ0v) is 14.2. The number of anilines is 2. The van der Waals surface area contributed by atoms with Gasteiger partial charge in [0, 0.05) is 30.7 Å². The lowest BCUT2D eigenvalue weighted by atomic mass is 10.2. The molecule has 1 aromatic carbocycles. The Morgan fingerprint density at radius 1 is 1.12 bits per heavy atom. The van der Waals surface area contributed by atoms with Gasteiger partial charge in [0.05, 0.1) is 6.10 Å². The number of hydrogen-bond acceptors (Lipinski definition) is 4. The van der Waals surface area contributed by atoms with Crippen molar-refractivity contribution >= 4 is 17.3 Å². The van der Waals surface area contributed by atoms with E-state index in [0.29, 0.717) is 5.69 Å². The van der Waals surface area contributed by atoms with Gasteiger partial charge in [-0.15, -0.1) is 0 Å². The minimum atomic E-state index is 0.0110. The van der Waals surface area contributed by atoms with Crippen molar-refractivity contribution in [3.05, 3.63) is 48.3 Å². The average Bonchev–Trinajstić information content (AvgIpc) is 3.10. The van der Waals surface area contributed by atoms with E-state index in [2.05, 4.69) is 10.3 Å². The lowest BCUT2D eigenvalue weighted by Crippen LogP contribution is -2.28. The van der Waals surface area contributed by atoms with Crippen molar-refractivity contribution in [2.75, 3.05) is 18.4 Å². The van der Waals surface area contributed by atoms with Crippen molar-refractivity contribution in [2.45, 2.75) is 32.8 Å². The minimum absolute atomic E-state index is 0.0110. The van der Waals surface area contributed by atoms with Gasteiger partial charge >= 0.3 is 0 Å². The number of carbonyl (C=O) groups is 1. The molecule has 1 amide bonds. The number of hydrogen-bond donors (Lipinski definition) is 1. The molecule has 1 N–H and O–H groups in total. The molecule has 2 heterocycles. The predicted molar refractivity (Wildman–Crippen MR) is 94.9 cm³/mol. The fourth-order valence-corrected chi connectivity index (χ4v) is 2.76. The second-order valence-electron chi connectivity index (χ2n) is 6.25. The molecule has 0 radical (unpaired) electrons. The smallest absolute Gasteiger partial charge is 0.272 e. The third-order valence-electron chi connectivity index (χ3n) is 3.89. The van der Waals surface area contributed by atoms with Crippen LogP contribution >= 0.6 is 0 Å². The molecule has 0 atom stereocenters. The van der Waals surface area contributed by atoms with Gasteiger partial charge in [-0.25, -0.2) is 0 Å². The molecule has 126 valence electrons. The third kappa shape index (κ3) is 4.04. The van der Waals surface area contributed by atoms with Gasteiger partial charge in [0.2, 0.25) is 0 Å². The second kappa shape index (κ2) is 7.34. The summed E-state index contributed by atoms with van der Waals surface area (Å²) >= 11 is 0. The highest BCUT2D eigenvalue weighted by atomic mass is 16.5. The Labute approximate surface area is 142 Å². The highest BCUT2D eigenvalue weighted by Crippen LogP contribution is 2.21. The van der Waals surface area contributed by atoms with Crippen LogP contribution in [0.2, 0.25) is 0 Å². The number of nitrogens with one attached hydrogen (secondary N) is 1. The minimum Gasteiger partial charge on any atom is -0.491 e. The van der Waals surface area contributed by atoms with E-state index in [0.717, 1.165) is 43.1 Å². The number of ether oxygens (including phenoxy) is 1. The zero-order chi connectivity index (χ0) is 16.9. The first-order valence-corrected chi connectivity index (χ1v) is 8.41. The van der Waals surface area contributed by atoms with E-state index in [-0.39, 0.29) is 12.0 Å². The fourth-order valence-electron chi connectivity index (χ4n) is 2.76. The molecule has 1 saturated heterocycles. The molecule has 3 rings (SSSR count). The second-order valence-corrected chi connectivity index (χ2v) is 6.25. The van der Waals surface area contributed by atoms with Crippen molar-refractivity contribution in [2.24, 2.45) is 0 Å². The maximum absolute atomic E-state index is 12.4. The molecule has 0 saturated carbocycles. The molecular formula is C19H23N3O2. The van der Waals surface area contributed by atoms with Crippen molar-refractivity contribution < 1.29 is 9.53 Å². The third-order valence-corrected chi connectivity index (χ3v) is 3.89. The largest absolute Gasteiger partial charge is 0.491 e. The van der Waals surface area contributed by atoms with Crippen LogP contribution in [0.4, 0.5) is 11.4 Å². The van der Waals surface area contributed by atoms with Crippen LogP contribution < -0.4 is 10.1 Å². The van der Waals surface area contributed by atoms with Crippen LogP contribution in [-0.2, 0) is 0 Å². The van der Waals surface area contributed by atoms with E-state index in [1.165, 1.54) is 0 Å². The first-order chi connectivity index (χ1) is 11.6. The van der Waals surface area contributed by atoms with E-state index in [1.807, 2.05) is 49.1 Å². The van der Waals surface area contributed by atoms with E-state index in [4.69, 9.17) is 4.74 Å². The quantitative estimate of drug-likeness (QED) is 0.907. The molecule has 1 aromatic heterocycles. The summed E-state index contributed by atoms with van der Waals surface area (Å²) in [5.74, 6) is 0.854. The number of likely N-dealkylation sites (tertiary alicyclic amines) is 1. The molecule has 24 heavy (non-hydrogen) atoms. The maximum atomic E-state index is 12.4. The van der Waals surface area contributed by atoms with Crippen molar-refractivity contribution in [1.82, 2.24) is 9.88 Å². The maximum Gasteiger partial charge on any atom is 0.272 e. The summed E-state index contributed by atoms with van der Waals surface area (Å²) in [6.07, 6.45) is 3.98. The molecule has 0 unspecified atom stereocenters. The van der Waals surface area contributed by atoms with Crippen LogP contribution in [0.3, 0.4) is 0 Å². The summed E-state index contributed by atoms with van der Waals surface area (Å²) in [5, 5.41) is 3.30. The Balaban J connectivity index is 1.69. The predicted octanol–water partition coefficient (Wildman–Crippen LogP) is 3.85. The Morgan fingerprint density at radius 3 is 2.50 bits per heavy atom. The van der Waals surface area contributed by atoms with E-state index < -0.39 is 0 Å². The highest BCUT2D eigenvalue weighted by Gasteiger charge is 2.20. The summed E-state index contributed by atoms with van der Waals surface area (Å²) in [7, 11) is 0. The van der Waals surface area contributed by atoms with Gasteiger partial charge < -0.3 is 15.0 Å². The van der Waals surface area contributed by atoms with Crippen LogP contribution in [-0.4, -0.2) is 35.0 Å². The van der Waals surface area contributed by atoms with Gasteiger partial charge in [-0.2, -0.15) is 0 Å². The van der Waals surface area contributed by atoms with Gasteiger partial charge in [-0.3, -0.25) is 9.78 Å². The Bertz CT molecular complexity index is 692. The summed E-state index contributed by atoms with van der Waals surface area (Å²) in [6.45, 7) is 5.66. The molecule has 1 aliphatic heterocycles. The first-order valence-electron chi connectivity index (χ1n) is 8.41. The zero-order valence-electron chi connectivity index (χ0n) is 14.2. The Hall–Kier alpha value is -2.56. The first kappa shape index (κ1) is 16.3. The van der Waals surface area contributed by atoms with Gasteiger partial charge in [0.25, 0.3) is 5.91 Å². The molecule has 2 aromatic rings. The summed E-state index contributed by atoms with van der Waals surface area (Å²) in [5.41, 5.74) is 2.28. The van der Waals surface area contributed by atoms with E-state index in [9.17, 15) is 4.79 Å². The van der Waals surface area contributed by atoms with Crippen LogP contribution in [0.15, 0.2) is 42.6 Å². The highest BCUT2D eigenvalue weighted by molar-refractivity contribution is 5.93. The van der Waals surface area contributed by atoms with Crippen molar-refractivity contribution in [3.63, 3.8) is 0 Å². The molecule has 1 fully saturated rings. The van der Waals surface area contributed by atoms with Crippen LogP contribution in [0.5, 0.6) is 5.75 Å². The lowest BCUT2D eigenvalue weighted by molar-refractivity contribution is 0.0787. The topological polar surface area (TPSA) is 54.5 Å². The van der Waals surface area contributed by atoms with Gasteiger partial charge in [-0.05, 0) is 63.1 Å². The number of carbonyl (C=O) groups excluding carboxylic acids is 1. The number of benzene rings is 1. The van der Waals surface area contributed by atoms with Crippen molar-refractivity contribution in [3.8, 4) is 5.75 Å². The number of pyridine rings is 1. The molecule has 0 aliphatic carbocycles. The standard InChI is InChI=1S/C19H23N3O2/c1-14(2)24-17-7-5-15(6-8-17)21-16-9-10-20-18(13-16)19(23)22-11-3-4-12-22/h5-10,13-14H,3-4,11-12H2,1-2H3,(H,20,21). The number of amides is 1. The molecule has 5 nitrogen and oxygen atoms in total. The van der Waals surface area contributed by atoms with Crippen LogP contribution in [0.25, 0.3) is 0 Å². The SMILES string of the molecule is CC(C)Oc1ccc(Nc2ccnc(C(=O)N3CCCC3)c2)cc1. The van der Waals surface area contributed by atoms with E-state index in [1.54, 1.807) is 12.3 Å². The van der Waals surface area contributed by atoms with Gasteiger partial charge in [-0.1, -0.05) is 0 Å². The van der Waals surface area contributed by atoms with Crippen LogP contribution in [0, 0.1) is 0 Å². The van der Waals surface area contributed by atoms with E-state index >= 15 is 0 Å². The summed E-state index contributed by atoms with van der Waals surface area (Å²) in [4.78, 5) is 18.5. The fraction of sp³-hybridized carbons (Fsp3) is 0.368. The summed E-state index contributed by atoms with van der Waals surface area (Å²) < 4.78 is 5.64. The Morgan fingerprint density at radius 2 is 1.83 bits per heavy atom. The van der Waals surface area contributed by atoms with Crippen molar-refractivity contribution in [1.29, 1.82) is 0 Å². The normalized spacial score (nSPS) is 14.0. The van der Waals surface area contributed by atoms with Gasteiger partial charge in [0.15, 0.2) is 0 Å². The molecule has 1 aliphatic rings. The molecule has 0 bridgehead atoms. The number of rotatable bonds is 5. The molecule has 0 spiro atoms. The Kier molecular flexibility index (Phi) is 4.99. The molecular weight excluding hydrogens is 302 g/mol. The number of nitrogens with zero attached hydrogens (tertiary/aromatic N) is 2. The molecule has 5 heteroatoms. The van der Waals surface area contributed by atoms with Crippen LogP contribution in [0.1, 0.15) is 37.2 Å². The van der Waals surface area contributed by atoms with Gasteiger partial charge in [0.1, 0.15) is 11.4 Å². The monoisotopic (exact) mass is 325 g/mol. The average molecular weight is 325 g/mol. The number of aromatic nitrogens is 1.